The molecular weight excluding hydrogens is 360 g/mol. The van der Waals surface area contributed by atoms with Gasteiger partial charge < -0.3 is 10.2 Å². The highest BCUT2D eigenvalue weighted by Gasteiger charge is 2.29. The Bertz CT molecular complexity index is 995. The molecule has 0 aromatic heterocycles. The van der Waals surface area contributed by atoms with Gasteiger partial charge in [-0.1, -0.05) is 66.7 Å². The SMILES string of the molecule is O=C(NCCc1ccccc1)C1CCCN(C(=O)c2cccc3ccccc23)C1. The van der Waals surface area contributed by atoms with Gasteiger partial charge in [-0.3, -0.25) is 9.59 Å². The minimum absolute atomic E-state index is 0.0172. The Labute approximate surface area is 171 Å². The lowest BCUT2D eigenvalue weighted by molar-refractivity contribution is -0.126. The molecular formula is C25H26N2O2. The van der Waals surface area contributed by atoms with E-state index in [4.69, 9.17) is 0 Å². The number of amides is 2. The number of nitrogens with zero attached hydrogens (tertiary/aromatic N) is 1. The van der Waals surface area contributed by atoms with Crippen LogP contribution in [0.15, 0.2) is 72.8 Å². The Balaban J connectivity index is 1.38. The molecule has 0 bridgehead atoms. The second-order valence-corrected chi connectivity index (χ2v) is 7.64. The molecule has 1 saturated heterocycles. The summed E-state index contributed by atoms with van der Waals surface area (Å²) in [4.78, 5) is 27.7. The van der Waals surface area contributed by atoms with E-state index in [-0.39, 0.29) is 17.7 Å². The van der Waals surface area contributed by atoms with Crippen molar-refractivity contribution < 1.29 is 9.59 Å². The third kappa shape index (κ3) is 4.48. The molecule has 1 aliphatic rings. The van der Waals surface area contributed by atoms with E-state index in [1.165, 1.54) is 5.56 Å². The summed E-state index contributed by atoms with van der Waals surface area (Å²) in [5, 5.41) is 5.08. The summed E-state index contributed by atoms with van der Waals surface area (Å²) < 4.78 is 0. The number of benzene rings is 3. The molecule has 4 rings (SSSR count). The lowest BCUT2D eigenvalue weighted by Crippen LogP contribution is -2.45. The minimum Gasteiger partial charge on any atom is -0.355 e. The molecule has 1 heterocycles. The van der Waals surface area contributed by atoms with Crippen LogP contribution in [0.4, 0.5) is 0 Å². The first-order valence-electron chi connectivity index (χ1n) is 10.3. The van der Waals surface area contributed by atoms with Gasteiger partial charge in [-0.05, 0) is 41.7 Å². The van der Waals surface area contributed by atoms with Crippen LogP contribution in [-0.2, 0) is 11.2 Å². The minimum atomic E-state index is -0.140. The predicted molar refractivity (Wildman–Crippen MR) is 116 cm³/mol. The Kier molecular flexibility index (Phi) is 5.89. The Hall–Kier alpha value is -3.14. The van der Waals surface area contributed by atoms with E-state index in [1.807, 2.05) is 65.6 Å². The molecule has 148 valence electrons. The van der Waals surface area contributed by atoms with Gasteiger partial charge in [-0.15, -0.1) is 0 Å². The molecule has 3 aromatic carbocycles. The molecule has 1 unspecified atom stereocenters. The number of fused-ring (bicyclic) bond motifs is 1. The van der Waals surface area contributed by atoms with Gasteiger partial charge in [0.2, 0.25) is 5.91 Å². The number of hydrogen-bond acceptors (Lipinski definition) is 2. The second-order valence-electron chi connectivity index (χ2n) is 7.64. The third-order valence-corrected chi connectivity index (χ3v) is 5.66. The number of hydrogen-bond donors (Lipinski definition) is 1. The summed E-state index contributed by atoms with van der Waals surface area (Å²) in [5.74, 6) is -0.0709. The van der Waals surface area contributed by atoms with Crippen LogP contribution in [0.1, 0.15) is 28.8 Å². The zero-order chi connectivity index (χ0) is 20.1. The van der Waals surface area contributed by atoms with Crippen molar-refractivity contribution in [2.45, 2.75) is 19.3 Å². The molecule has 0 spiro atoms. The summed E-state index contributed by atoms with van der Waals surface area (Å²) in [6.07, 6.45) is 2.50. The molecule has 2 amide bonds. The fourth-order valence-electron chi connectivity index (χ4n) is 4.08. The molecule has 4 heteroatoms. The number of nitrogens with one attached hydrogen (secondary N) is 1. The summed E-state index contributed by atoms with van der Waals surface area (Å²) >= 11 is 0. The van der Waals surface area contributed by atoms with Crippen LogP contribution in [0.5, 0.6) is 0 Å². The molecule has 1 N–H and O–H groups in total. The molecule has 0 saturated carbocycles. The average Bonchev–Trinajstić information content (AvgIpc) is 2.79. The largest absolute Gasteiger partial charge is 0.355 e. The first kappa shape index (κ1) is 19.2. The Morgan fingerprint density at radius 3 is 2.55 bits per heavy atom. The van der Waals surface area contributed by atoms with Crippen molar-refractivity contribution in [2.75, 3.05) is 19.6 Å². The van der Waals surface area contributed by atoms with E-state index in [9.17, 15) is 9.59 Å². The van der Waals surface area contributed by atoms with Crippen molar-refractivity contribution >= 4 is 22.6 Å². The highest BCUT2D eigenvalue weighted by molar-refractivity contribution is 6.07. The maximum Gasteiger partial charge on any atom is 0.254 e. The third-order valence-electron chi connectivity index (χ3n) is 5.66. The molecule has 4 nitrogen and oxygen atoms in total. The van der Waals surface area contributed by atoms with Crippen LogP contribution < -0.4 is 5.32 Å². The van der Waals surface area contributed by atoms with Gasteiger partial charge >= 0.3 is 0 Å². The maximum absolute atomic E-state index is 13.2. The van der Waals surface area contributed by atoms with Crippen LogP contribution in [0.25, 0.3) is 10.8 Å². The van der Waals surface area contributed by atoms with E-state index < -0.39 is 0 Å². The van der Waals surface area contributed by atoms with Crippen molar-refractivity contribution in [3.63, 3.8) is 0 Å². The summed E-state index contributed by atoms with van der Waals surface area (Å²) in [7, 11) is 0. The predicted octanol–water partition coefficient (Wildman–Crippen LogP) is 4.05. The van der Waals surface area contributed by atoms with Crippen molar-refractivity contribution in [3.05, 3.63) is 83.9 Å². The lowest BCUT2D eigenvalue weighted by Gasteiger charge is -2.32. The van der Waals surface area contributed by atoms with E-state index in [0.717, 1.165) is 30.0 Å². The second kappa shape index (κ2) is 8.91. The number of piperidine rings is 1. The molecule has 1 aliphatic heterocycles. The molecule has 0 radical (unpaired) electrons. The monoisotopic (exact) mass is 386 g/mol. The first-order chi connectivity index (χ1) is 14.2. The number of carbonyl (C=O) groups excluding carboxylic acids is 2. The van der Waals surface area contributed by atoms with Crippen LogP contribution in [0, 0.1) is 5.92 Å². The molecule has 1 atom stereocenters. The Morgan fingerprint density at radius 1 is 0.931 bits per heavy atom. The zero-order valence-electron chi connectivity index (χ0n) is 16.5. The van der Waals surface area contributed by atoms with Crippen molar-refractivity contribution in [2.24, 2.45) is 5.92 Å². The standard InChI is InChI=1S/C25H26N2O2/c28-24(26-16-15-19-8-2-1-3-9-19)21-12-7-17-27(18-21)25(29)23-14-6-11-20-10-4-5-13-22(20)23/h1-6,8-11,13-14,21H,7,12,15-18H2,(H,26,28). The number of rotatable bonds is 5. The summed E-state index contributed by atoms with van der Waals surface area (Å²) in [6.45, 7) is 1.81. The molecule has 0 aliphatic carbocycles. The van der Waals surface area contributed by atoms with Gasteiger partial charge in [0.1, 0.15) is 0 Å². The smallest absolute Gasteiger partial charge is 0.254 e. The van der Waals surface area contributed by atoms with Crippen LogP contribution in [-0.4, -0.2) is 36.3 Å². The van der Waals surface area contributed by atoms with E-state index in [0.29, 0.717) is 25.2 Å². The first-order valence-corrected chi connectivity index (χ1v) is 10.3. The quantitative estimate of drug-likeness (QED) is 0.719. The van der Waals surface area contributed by atoms with Crippen LogP contribution in [0.2, 0.25) is 0 Å². The van der Waals surface area contributed by atoms with Crippen LogP contribution >= 0.6 is 0 Å². The van der Waals surface area contributed by atoms with Gasteiger partial charge in [-0.25, -0.2) is 0 Å². The van der Waals surface area contributed by atoms with Crippen molar-refractivity contribution in [1.29, 1.82) is 0 Å². The summed E-state index contributed by atoms with van der Waals surface area (Å²) in [6, 6.07) is 23.9. The highest BCUT2D eigenvalue weighted by atomic mass is 16.2. The fraction of sp³-hybridized carbons (Fsp3) is 0.280. The van der Waals surface area contributed by atoms with Crippen LogP contribution in [0.3, 0.4) is 0 Å². The topological polar surface area (TPSA) is 49.4 Å². The number of likely N-dealkylation sites (tertiary alicyclic amines) is 1. The average molecular weight is 386 g/mol. The normalized spacial score (nSPS) is 16.6. The molecule has 29 heavy (non-hydrogen) atoms. The van der Waals surface area contributed by atoms with Gasteiger partial charge in [0.25, 0.3) is 5.91 Å². The zero-order valence-corrected chi connectivity index (χ0v) is 16.5. The molecule has 3 aromatic rings. The van der Waals surface area contributed by atoms with Gasteiger partial charge in [0.15, 0.2) is 0 Å². The van der Waals surface area contributed by atoms with Crippen molar-refractivity contribution in [3.8, 4) is 0 Å². The van der Waals surface area contributed by atoms with Gasteiger partial charge in [-0.2, -0.15) is 0 Å². The van der Waals surface area contributed by atoms with Gasteiger partial charge in [0.05, 0.1) is 5.92 Å². The van der Waals surface area contributed by atoms with Crippen molar-refractivity contribution in [1.82, 2.24) is 10.2 Å². The van der Waals surface area contributed by atoms with E-state index in [1.54, 1.807) is 0 Å². The van der Waals surface area contributed by atoms with Gasteiger partial charge in [0, 0.05) is 25.2 Å². The summed E-state index contributed by atoms with van der Waals surface area (Å²) in [5.41, 5.74) is 1.93. The Morgan fingerprint density at radius 2 is 1.69 bits per heavy atom. The number of carbonyl (C=O) groups is 2. The molecule has 1 fully saturated rings. The lowest BCUT2D eigenvalue weighted by atomic mass is 9.95. The van der Waals surface area contributed by atoms with E-state index >= 15 is 0 Å². The van der Waals surface area contributed by atoms with E-state index in [2.05, 4.69) is 17.4 Å². The highest BCUT2D eigenvalue weighted by Crippen LogP contribution is 2.23. The maximum atomic E-state index is 13.2. The fourth-order valence-corrected chi connectivity index (χ4v) is 4.08.